The molecular weight excluding hydrogens is 298 g/mol. The zero-order valence-electron chi connectivity index (χ0n) is 12.8. The van der Waals surface area contributed by atoms with Gasteiger partial charge in [0.2, 0.25) is 11.9 Å². The third kappa shape index (κ3) is 3.10. The van der Waals surface area contributed by atoms with E-state index in [2.05, 4.69) is 29.9 Å². The van der Waals surface area contributed by atoms with Gasteiger partial charge in [-0.25, -0.2) is 4.68 Å². The third-order valence-electron chi connectivity index (χ3n) is 3.90. The van der Waals surface area contributed by atoms with Crippen molar-refractivity contribution >= 4 is 11.9 Å². The maximum absolute atomic E-state index is 5.41. The fourth-order valence-corrected chi connectivity index (χ4v) is 2.64. The molecule has 0 aromatic carbocycles. The molecule has 0 aliphatic carbocycles. The summed E-state index contributed by atoms with van der Waals surface area (Å²) in [5.41, 5.74) is 0. The molecule has 2 fully saturated rings. The van der Waals surface area contributed by atoms with E-state index in [4.69, 9.17) is 9.47 Å². The van der Waals surface area contributed by atoms with Crippen molar-refractivity contribution in [1.82, 2.24) is 24.7 Å². The Hall–Kier alpha value is -2.26. The van der Waals surface area contributed by atoms with Gasteiger partial charge in [-0.05, 0) is 6.07 Å². The average molecular weight is 317 g/mol. The number of hydrogen-bond donors (Lipinski definition) is 0. The Morgan fingerprint density at radius 1 is 0.739 bits per heavy atom. The number of nitrogens with zero attached hydrogens (tertiary/aromatic N) is 7. The molecule has 2 aliphatic heterocycles. The second-order valence-corrected chi connectivity index (χ2v) is 5.38. The van der Waals surface area contributed by atoms with E-state index in [0.29, 0.717) is 44.3 Å². The zero-order valence-corrected chi connectivity index (χ0v) is 12.8. The number of morpholine rings is 2. The van der Waals surface area contributed by atoms with Gasteiger partial charge in [0.05, 0.1) is 26.4 Å². The van der Waals surface area contributed by atoms with Gasteiger partial charge in [-0.15, -0.1) is 0 Å². The molecule has 9 nitrogen and oxygen atoms in total. The monoisotopic (exact) mass is 317 g/mol. The van der Waals surface area contributed by atoms with Crippen LogP contribution in [-0.2, 0) is 9.47 Å². The fraction of sp³-hybridized carbons (Fsp3) is 0.571. The second-order valence-electron chi connectivity index (χ2n) is 5.38. The number of ether oxygens (including phenoxy) is 2. The van der Waals surface area contributed by atoms with Crippen LogP contribution in [0.25, 0.3) is 5.95 Å². The Kier molecular flexibility index (Phi) is 4.03. The van der Waals surface area contributed by atoms with Crippen molar-refractivity contribution < 1.29 is 9.47 Å². The largest absolute Gasteiger partial charge is 0.378 e. The average Bonchev–Trinajstić information content (AvgIpc) is 3.18. The minimum atomic E-state index is 0.535. The summed E-state index contributed by atoms with van der Waals surface area (Å²) in [7, 11) is 0. The summed E-state index contributed by atoms with van der Waals surface area (Å²) < 4.78 is 12.5. The molecule has 23 heavy (non-hydrogen) atoms. The van der Waals surface area contributed by atoms with Crippen molar-refractivity contribution in [2.24, 2.45) is 0 Å². The van der Waals surface area contributed by atoms with Gasteiger partial charge in [0.1, 0.15) is 0 Å². The lowest BCUT2D eigenvalue weighted by Gasteiger charge is -2.30. The topological polar surface area (TPSA) is 81.4 Å². The quantitative estimate of drug-likeness (QED) is 0.765. The van der Waals surface area contributed by atoms with Crippen LogP contribution < -0.4 is 9.80 Å². The van der Waals surface area contributed by atoms with Crippen molar-refractivity contribution in [1.29, 1.82) is 0 Å². The number of anilines is 2. The van der Waals surface area contributed by atoms with Crippen LogP contribution in [0, 0.1) is 0 Å². The standard InChI is InChI=1S/C14H19N7O2/c1-2-15-21(3-1)14-17-12(19-4-8-22-9-5-19)16-13(18-14)20-6-10-23-11-7-20/h1-3H,4-11H2. The van der Waals surface area contributed by atoms with Crippen LogP contribution in [0.5, 0.6) is 0 Å². The van der Waals surface area contributed by atoms with E-state index in [0.717, 1.165) is 26.2 Å². The lowest BCUT2D eigenvalue weighted by Crippen LogP contribution is -2.40. The maximum Gasteiger partial charge on any atom is 0.257 e. The highest BCUT2D eigenvalue weighted by atomic mass is 16.5. The Bertz CT molecular complexity index is 600. The summed E-state index contributed by atoms with van der Waals surface area (Å²) in [6.45, 7) is 5.89. The molecule has 0 atom stereocenters. The Morgan fingerprint density at radius 2 is 1.26 bits per heavy atom. The lowest BCUT2D eigenvalue weighted by atomic mass is 10.4. The van der Waals surface area contributed by atoms with E-state index in [-0.39, 0.29) is 0 Å². The summed E-state index contributed by atoms with van der Waals surface area (Å²) in [6.07, 6.45) is 3.55. The van der Waals surface area contributed by atoms with Crippen molar-refractivity contribution in [3.63, 3.8) is 0 Å². The van der Waals surface area contributed by atoms with Gasteiger partial charge >= 0.3 is 0 Å². The normalized spacial score (nSPS) is 19.1. The molecule has 4 heterocycles. The Balaban J connectivity index is 1.70. The fourth-order valence-electron chi connectivity index (χ4n) is 2.64. The van der Waals surface area contributed by atoms with Gasteiger partial charge in [0.25, 0.3) is 5.95 Å². The van der Waals surface area contributed by atoms with Crippen molar-refractivity contribution in [2.75, 3.05) is 62.4 Å². The van der Waals surface area contributed by atoms with Crippen LogP contribution >= 0.6 is 0 Å². The first-order valence-electron chi connectivity index (χ1n) is 7.82. The molecule has 0 radical (unpaired) electrons. The maximum atomic E-state index is 5.41. The molecule has 2 saturated heterocycles. The van der Waals surface area contributed by atoms with Crippen LogP contribution in [0.15, 0.2) is 18.5 Å². The summed E-state index contributed by atoms with van der Waals surface area (Å²) in [4.78, 5) is 18.1. The van der Waals surface area contributed by atoms with Crippen LogP contribution in [-0.4, -0.2) is 77.3 Å². The van der Waals surface area contributed by atoms with E-state index >= 15 is 0 Å². The van der Waals surface area contributed by atoms with Gasteiger partial charge in [-0.1, -0.05) is 0 Å². The molecule has 2 aromatic rings. The van der Waals surface area contributed by atoms with Crippen molar-refractivity contribution in [3.05, 3.63) is 18.5 Å². The minimum absolute atomic E-state index is 0.535. The highest BCUT2D eigenvalue weighted by molar-refractivity contribution is 5.42. The molecule has 0 spiro atoms. The molecule has 0 unspecified atom stereocenters. The summed E-state index contributed by atoms with van der Waals surface area (Å²) >= 11 is 0. The summed E-state index contributed by atoms with van der Waals surface area (Å²) in [5, 5.41) is 4.24. The first-order valence-corrected chi connectivity index (χ1v) is 7.82. The van der Waals surface area contributed by atoms with E-state index in [1.165, 1.54) is 0 Å². The Labute approximate surface area is 133 Å². The minimum Gasteiger partial charge on any atom is -0.378 e. The molecule has 4 rings (SSSR count). The van der Waals surface area contributed by atoms with Crippen LogP contribution in [0.4, 0.5) is 11.9 Å². The summed E-state index contributed by atoms with van der Waals surface area (Å²) in [6, 6.07) is 1.85. The molecular formula is C14H19N7O2. The number of hydrogen-bond acceptors (Lipinski definition) is 8. The zero-order chi connectivity index (χ0) is 15.5. The molecule has 0 bridgehead atoms. The Morgan fingerprint density at radius 3 is 1.74 bits per heavy atom. The SMILES string of the molecule is c1cnn(-c2nc(N3CCOCC3)nc(N3CCOCC3)n2)c1. The van der Waals surface area contributed by atoms with E-state index in [9.17, 15) is 0 Å². The van der Waals surface area contributed by atoms with Crippen LogP contribution in [0.1, 0.15) is 0 Å². The van der Waals surface area contributed by atoms with E-state index in [1.54, 1.807) is 10.9 Å². The molecule has 2 aromatic heterocycles. The van der Waals surface area contributed by atoms with E-state index in [1.807, 2.05) is 12.3 Å². The molecule has 0 saturated carbocycles. The first kappa shape index (κ1) is 14.3. The van der Waals surface area contributed by atoms with Crippen LogP contribution in [0.3, 0.4) is 0 Å². The van der Waals surface area contributed by atoms with Gasteiger partial charge in [-0.2, -0.15) is 20.1 Å². The van der Waals surface area contributed by atoms with Gasteiger partial charge in [0, 0.05) is 38.6 Å². The van der Waals surface area contributed by atoms with Crippen molar-refractivity contribution in [3.8, 4) is 5.95 Å². The lowest BCUT2D eigenvalue weighted by molar-refractivity contribution is 0.121. The highest BCUT2D eigenvalue weighted by Crippen LogP contribution is 2.18. The van der Waals surface area contributed by atoms with Crippen molar-refractivity contribution in [2.45, 2.75) is 0 Å². The first-order chi connectivity index (χ1) is 11.4. The molecule has 122 valence electrons. The highest BCUT2D eigenvalue weighted by Gasteiger charge is 2.21. The predicted octanol–water partition coefficient (Wildman–Crippen LogP) is -0.269. The van der Waals surface area contributed by atoms with Crippen LogP contribution in [0.2, 0.25) is 0 Å². The second kappa shape index (κ2) is 6.47. The predicted molar refractivity (Wildman–Crippen MR) is 83.0 cm³/mol. The summed E-state index contributed by atoms with van der Waals surface area (Å²) in [5.74, 6) is 1.89. The molecule has 2 aliphatic rings. The smallest absolute Gasteiger partial charge is 0.257 e. The van der Waals surface area contributed by atoms with Gasteiger partial charge < -0.3 is 19.3 Å². The molecule has 9 heteroatoms. The van der Waals surface area contributed by atoms with Gasteiger partial charge in [0.15, 0.2) is 0 Å². The van der Waals surface area contributed by atoms with E-state index < -0.39 is 0 Å². The molecule has 0 amide bonds. The third-order valence-corrected chi connectivity index (χ3v) is 3.90. The number of aromatic nitrogens is 5. The number of rotatable bonds is 3. The van der Waals surface area contributed by atoms with Gasteiger partial charge in [-0.3, -0.25) is 0 Å². The molecule has 0 N–H and O–H groups in total.